The summed E-state index contributed by atoms with van der Waals surface area (Å²) in [5.74, 6) is 0.626. The topological polar surface area (TPSA) is 55.4 Å². The van der Waals surface area contributed by atoms with Gasteiger partial charge in [-0.25, -0.2) is 0 Å². The average molecular weight is 496 g/mol. The first-order valence-electron chi connectivity index (χ1n) is 11.6. The number of halogens is 1. The molecule has 32 heavy (non-hydrogen) atoms. The number of alkyl halides is 1. The minimum Gasteiger partial charge on any atom is -0.447 e. The van der Waals surface area contributed by atoms with Crippen molar-refractivity contribution < 1.29 is 14.3 Å². The molecule has 2 aromatic carbocycles. The summed E-state index contributed by atoms with van der Waals surface area (Å²) in [5, 5.41) is 3.01. The number of benzene rings is 2. The van der Waals surface area contributed by atoms with E-state index in [-0.39, 0.29) is 16.2 Å². The molecule has 4 aliphatic rings. The SMILES string of the molecule is Cc1ccc(C)c(NC(=O)C(OC(=O)C23CC4CC(CC(Br)(C4)C2)C3)c2ccccc2)c1. The third-order valence-electron chi connectivity index (χ3n) is 7.64. The lowest BCUT2D eigenvalue weighted by Gasteiger charge is -2.58. The summed E-state index contributed by atoms with van der Waals surface area (Å²) in [6.45, 7) is 3.95. The van der Waals surface area contributed by atoms with Crippen LogP contribution < -0.4 is 5.32 Å². The fourth-order valence-electron chi connectivity index (χ4n) is 6.59. The summed E-state index contributed by atoms with van der Waals surface area (Å²) in [6.07, 6.45) is 5.12. The molecule has 1 N–H and O–H groups in total. The zero-order valence-corrected chi connectivity index (χ0v) is 20.3. The summed E-state index contributed by atoms with van der Waals surface area (Å²) in [4.78, 5) is 27.1. The Kier molecular flexibility index (Phi) is 5.43. The number of rotatable bonds is 5. The summed E-state index contributed by atoms with van der Waals surface area (Å²) in [5.41, 5.74) is 3.02. The fourth-order valence-corrected chi connectivity index (χ4v) is 8.04. The Balaban J connectivity index is 1.41. The molecule has 4 bridgehead atoms. The molecule has 3 unspecified atom stereocenters. The number of carbonyl (C=O) groups is 2. The van der Waals surface area contributed by atoms with Crippen molar-refractivity contribution in [2.45, 2.75) is 62.8 Å². The van der Waals surface area contributed by atoms with Gasteiger partial charge in [0.25, 0.3) is 5.91 Å². The van der Waals surface area contributed by atoms with Crippen molar-refractivity contribution in [1.82, 2.24) is 0 Å². The number of carbonyl (C=O) groups excluding carboxylic acids is 2. The van der Waals surface area contributed by atoms with E-state index in [1.165, 1.54) is 6.42 Å². The molecule has 4 nitrogen and oxygen atoms in total. The first-order valence-corrected chi connectivity index (χ1v) is 12.4. The second kappa shape index (κ2) is 8.02. The maximum absolute atomic E-state index is 13.7. The van der Waals surface area contributed by atoms with Crippen LogP contribution in [0.4, 0.5) is 5.69 Å². The van der Waals surface area contributed by atoms with Crippen LogP contribution in [0.2, 0.25) is 0 Å². The number of amides is 1. The largest absolute Gasteiger partial charge is 0.447 e. The summed E-state index contributed by atoms with van der Waals surface area (Å²) >= 11 is 3.97. The van der Waals surface area contributed by atoms with Gasteiger partial charge in [-0.15, -0.1) is 0 Å². The minimum atomic E-state index is -0.970. The molecule has 4 aliphatic carbocycles. The predicted molar refractivity (Wildman–Crippen MR) is 129 cm³/mol. The maximum atomic E-state index is 13.7. The Hall–Kier alpha value is -2.14. The summed E-state index contributed by atoms with van der Waals surface area (Å²) in [7, 11) is 0. The number of hydrogen-bond donors (Lipinski definition) is 1. The van der Waals surface area contributed by atoms with E-state index in [1.54, 1.807) is 0 Å². The van der Waals surface area contributed by atoms with Gasteiger partial charge in [-0.2, -0.15) is 0 Å². The Labute approximate surface area is 198 Å². The molecule has 0 saturated heterocycles. The molecule has 0 aliphatic heterocycles. The van der Waals surface area contributed by atoms with Crippen molar-refractivity contribution in [1.29, 1.82) is 0 Å². The molecule has 168 valence electrons. The van der Waals surface area contributed by atoms with E-state index in [2.05, 4.69) is 21.2 Å². The molecule has 1 amide bonds. The van der Waals surface area contributed by atoms with E-state index >= 15 is 0 Å². The molecule has 0 aromatic heterocycles. The number of esters is 1. The van der Waals surface area contributed by atoms with Gasteiger partial charge >= 0.3 is 5.97 Å². The van der Waals surface area contributed by atoms with Gasteiger partial charge in [0, 0.05) is 15.6 Å². The van der Waals surface area contributed by atoms with Gasteiger partial charge in [0.1, 0.15) is 0 Å². The standard InChI is InChI=1S/C27H30BrNO3/c1-17-8-9-18(2)22(10-17)29-24(30)23(21-6-4-3-5-7-21)32-25(31)26-12-19-11-20(13-26)15-27(28,14-19)16-26/h3-10,19-20,23H,11-16H2,1-2H3,(H,29,30). The second-order valence-electron chi connectivity index (χ2n) is 10.4. The monoisotopic (exact) mass is 495 g/mol. The predicted octanol–water partition coefficient (Wildman–Crippen LogP) is 6.26. The Morgan fingerprint density at radius 1 is 1.03 bits per heavy atom. The van der Waals surface area contributed by atoms with Gasteiger partial charge < -0.3 is 10.1 Å². The van der Waals surface area contributed by atoms with E-state index in [0.717, 1.165) is 48.9 Å². The lowest BCUT2D eigenvalue weighted by molar-refractivity contribution is -0.177. The molecule has 0 radical (unpaired) electrons. The minimum absolute atomic E-state index is 0.0548. The zero-order valence-electron chi connectivity index (χ0n) is 18.7. The molecule has 6 rings (SSSR count). The Bertz CT molecular complexity index is 1040. The summed E-state index contributed by atoms with van der Waals surface area (Å²) in [6, 6.07) is 15.3. The zero-order chi connectivity index (χ0) is 22.5. The fraction of sp³-hybridized carbons (Fsp3) is 0.481. The highest BCUT2D eigenvalue weighted by atomic mass is 79.9. The first-order chi connectivity index (χ1) is 15.3. The quantitative estimate of drug-likeness (QED) is 0.393. The average Bonchev–Trinajstić information content (AvgIpc) is 2.73. The molecule has 0 spiro atoms. The number of hydrogen-bond acceptors (Lipinski definition) is 3. The first kappa shape index (κ1) is 21.7. The van der Waals surface area contributed by atoms with Crippen LogP contribution in [0.1, 0.15) is 61.3 Å². The van der Waals surface area contributed by atoms with Gasteiger partial charge in [0.2, 0.25) is 6.10 Å². The molecule has 4 fully saturated rings. The van der Waals surface area contributed by atoms with Crippen LogP contribution in [0, 0.1) is 31.1 Å². The second-order valence-corrected chi connectivity index (χ2v) is 12.1. The van der Waals surface area contributed by atoms with E-state index in [4.69, 9.17) is 4.74 Å². The smallest absolute Gasteiger partial charge is 0.313 e. The molecule has 5 heteroatoms. The van der Waals surface area contributed by atoms with Crippen LogP contribution in [0.3, 0.4) is 0 Å². The molecule has 2 aromatic rings. The van der Waals surface area contributed by atoms with Crippen LogP contribution in [0.5, 0.6) is 0 Å². The van der Waals surface area contributed by atoms with Crippen LogP contribution >= 0.6 is 15.9 Å². The van der Waals surface area contributed by atoms with Crippen LogP contribution in [-0.4, -0.2) is 16.2 Å². The van der Waals surface area contributed by atoms with Gasteiger partial charge in [-0.05, 0) is 81.4 Å². The Morgan fingerprint density at radius 2 is 1.72 bits per heavy atom. The number of nitrogens with one attached hydrogen (secondary N) is 1. The van der Waals surface area contributed by atoms with Crippen LogP contribution in [0.25, 0.3) is 0 Å². The molecule has 4 saturated carbocycles. The third kappa shape index (κ3) is 4.00. The van der Waals surface area contributed by atoms with E-state index in [0.29, 0.717) is 17.4 Å². The summed E-state index contributed by atoms with van der Waals surface area (Å²) < 4.78 is 6.15. The van der Waals surface area contributed by atoms with Crippen molar-refractivity contribution in [3.8, 4) is 0 Å². The number of anilines is 1. The number of aryl methyl sites for hydroxylation is 2. The highest BCUT2D eigenvalue weighted by Gasteiger charge is 2.61. The van der Waals surface area contributed by atoms with Crippen molar-refractivity contribution in [3.63, 3.8) is 0 Å². The lowest BCUT2D eigenvalue weighted by atomic mass is 9.49. The number of ether oxygens (including phenoxy) is 1. The molecular weight excluding hydrogens is 466 g/mol. The highest BCUT2D eigenvalue weighted by molar-refractivity contribution is 9.10. The van der Waals surface area contributed by atoms with Gasteiger partial charge in [-0.3, -0.25) is 9.59 Å². The normalized spacial score (nSPS) is 31.2. The van der Waals surface area contributed by atoms with Crippen molar-refractivity contribution in [2.75, 3.05) is 5.32 Å². The lowest BCUT2D eigenvalue weighted by Crippen LogP contribution is -2.56. The van der Waals surface area contributed by atoms with Crippen molar-refractivity contribution in [3.05, 3.63) is 65.2 Å². The van der Waals surface area contributed by atoms with Crippen LogP contribution in [0.15, 0.2) is 48.5 Å². The van der Waals surface area contributed by atoms with E-state index in [9.17, 15) is 9.59 Å². The van der Waals surface area contributed by atoms with Gasteiger partial charge in [-0.1, -0.05) is 58.4 Å². The van der Waals surface area contributed by atoms with E-state index in [1.807, 2.05) is 62.4 Å². The molecular formula is C27H30BrNO3. The molecule has 3 atom stereocenters. The van der Waals surface area contributed by atoms with Crippen molar-refractivity contribution in [2.24, 2.45) is 17.3 Å². The van der Waals surface area contributed by atoms with Gasteiger partial charge in [0.05, 0.1) is 5.41 Å². The van der Waals surface area contributed by atoms with Gasteiger partial charge in [0.15, 0.2) is 0 Å². The van der Waals surface area contributed by atoms with Crippen LogP contribution in [-0.2, 0) is 14.3 Å². The Morgan fingerprint density at radius 3 is 2.38 bits per heavy atom. The highest BCUT2D eigenvalue weighted by Crippen LogP contribution is 2.64. The maximum Gasteiger partial charge on any atom is 0.313 e. The van der Waals surface area contributed by atoms with E-state index < -0.39 is 11.5 Å². The van der Waals surface area contributed by atoms with Crippen molar-refractivity contribution >= 4 is 33.5 Å². The third-order valence-corrected chi connectivity index (χ3v) is 8.57. The molecule has 0 heterocycles.